The molecule has 0 aliphatic carbocycles. The zero-order valence-electron chi connectivity index (χ0n) is 12.6. The van der Waals surface area contributed by atoms with Crippen molar-refractivity contribution in [2.24, 2.45) is 0 Å². The summed E-state index contributed by atoms with van der Waals surface area (Å²) < 4.78 is 0. The third-order valence-electron chi connectivity index (χ3n) is 3.43. The van der Waals surface area contributed by atoms with Crippen LogP contribution in [0.5, 0.6) is 0 Å². The van der Waals surface area contributed by atoms with Crippen molar-refractivity contribution < 1.29 is 5.11 Å². The Morgan fingerprint density at radius 2 is 1.72 bits per heavy atom. The lowest BCUT2D eigenvalue weighted by Crippen LogP contribution is -2.55. The van der Waals surface area contributed by atoms with E-state index in [1.54, 1.807) is 11.3 Å². The first kappa shape index (κ1) is 15.6. The van der Waals surface area contributed by atoms with Gasteiger partial charge in [-0.25, -0.2) is 4.98 Å². The molecule has 0 amide bonds. The highest BCUT2D eigenvalue weighted by Gasteiger charge is 2.34. The lowest BCUT2D eigenvalue weighted by atomic mass is 9.86. The first-order chi connectivity index (χ1) is 7.93. The molecule has 2 N–H and O–H groups in total. The van der Waals surface area contributed by atoms with Gasteiger partial charge in [0.05, 0.1) is 10.6 Å². The number of nitrogens with zero attached hydrogens (tertiary/aromatic N) is 1. The summed E-state index contributed by atoms with van der Waals surface area (Å²) in [6, 6.07) is 0. The Bertz CT molecular complexity index is 397. The van der Waals surface area contributed by atoms with Gasteiger partial charge >= 0.3 is 0 Å². The second kappa shape index (κ2) is 4.91. The molecule has 104 valence electrons. The molecule has 0 spiro atoms. The maximum absolute atomic E-state index is 10.1. The van der Waals surface area contributed by atoms with Crippen molar-refractivity contribution in [3.05, 3.63) is 16.1 Å². The second-order valence-corrected chi connectivity index (χ2v) is 8.03. The molecule has 0 bridgehead atoms. The summed E-state index contributed by atoms with van der Waals surface area (Å²) in [7, 11) is 0. The zero-order chi connectivity index (χ0) is 14.2. The Kier molecular flexibility index (Phi) is 4.26. The number of nitrogens with one attached hydrogen (secondary N) is 1. The molecule has 1 aromatic heterocycles. The summed E-state index contributed by atoms with van der Waals surface area (Å²) in [5.41, 5.74) is -0.988. The Morgan fingerprint density at radius 1 is 1.17 bits per heavy atom. The molecule has 0 aromatic carbocycles. The van der Waals surface area contributed by atoms with Crippen LogP contribution in [0.15, 0.2) is 6.20 Å². The van der Waals surface area contributed by atoms with Crippen LogP contribution in [-0.2, 0) is 12.0 Å². The van der Waals surface area contributed by atoms with E-state index < -0.39 is 5.60 Å². The summed E-state index contributed by atoms with van der Waals surface area (Å²) in [5.74, 6) is 0. The van der Waals surface area contributed by atoms with Gasteiger partial charge in [-0.3, -0.25) is 0 Å². The zero-order valence-corrected chi connectivity index (χ0v) is 13.4. The molecule has 0 unspecified atom stereocenters. The molecule has 0 radical (unpaired) electrons. The molecule has 4 heteroatoms. The van der Waals surface area contributed by atoms with E-state index in [-0.39, 0.29) is 11.0 Å². The molecule has 18 heavy (non-hydrogen) atoms. The number of thiazole rings is 1. The maximum Gasteiger partial charge on any atom is 0.0981 e. The fourth-order valence-corrected chi connectivity index (χ4v) is 2.17. The van der Waals surface area contributed by atoms with E-state index >= 15 is 0 Å². The quantitative estimate of drug-likeness (QED) is 0.884. The van der Waals surface area contributed by atoms with Gasteiger partial charge in [0.25, 0.3) is 0 Å². The van der Waals surface area contributed by atoms with E-state index in [1.165, 1.54) is 4.88 Å². The number of hydrogen-bond donors (Lipinski definition) is 2. The van der Waals surface area contributed by atoms with Crippen molar-refractivity contribution >= 4 is 11.3 Å². The fourth-order valence-electron chi connectivity index (χ4n) is 1.26. The SMILES string of the molecule is CC(C)(C)c1ncc(CNC(C)(C)C(C)(C)O)s1. The molecule has 0 fully saturated rings. The van der Waals surface area contributed by atoms with Crippen LogP contribution in [-0.4, -0.2) is 21.2 Å². The Balaban J connectivity index is 2.68. The van der Waals surface area contributed by atoms with Crippen LogP contribution in [0.4, 0.5) is 0 Å². The summed E-state index contributed by atoms with van der Waals surface area (Å²) in [6.45, 7) is 14.9. The molecule has 3 nitrogen and oxygen atoms in total. The second-order valence-electron chi connectivity index (χ2n) is 6.92. The number of rotatable bonds is 4. The van der Waals surface area contributed by atoms with Crippen molar-refractivity contribution in [2.45, 2.75) is 71.6 Å². The third kappa shape index (κ3) is 3.77. The standard InChI is InChI=1S/C14H26N2OS/c1-12(2,3)11-15-8-10(18-11)9-16-13(4,5)14(6,7)17/h8,16-17H,9H2,1-7H3. The predicted molar refractivity (Wildman–Crippen MR) is 78.0 cm³/mol. The highest BCUT2D eigenvalue weighted by Crippen LogP contribution is 2.27. The third-order valence-corrected chi connectivity index (χ3v) is 4.85. The number of aliphatic hydroxyl groups is 1. The highest BCUT2D eigenvalue weighted by atomic mass is 32.1. The molecular weight excluding hydrogens is 244 g/mol. The Hall–Kier alpha value is -0.450. The lowest BCUT2D eigenvalue weighted by molar-refractivity contribution is -0.00520. The van der Waals surface area contributed by atoms with E-state index in [1.807, 2.05) is 33.9 Å². The molecule has 0 saturated carbocycles. The van der Waals surface area contributed by atoms with Crippen molar-refractivity contribution in [3.63, 3.8) is 0 Å². The molecule has 1 heterocycles. The maximum atomic E-state index is 10.1. The van der Waals surface area contributed by atoms with Crippen molar-refractivity contribution in [2.75, 3.05) is 0 Å². The van der Waals surface area contributed by atoms with Crippen LogP contribution in [0.1, 0.15) is 58.4 Å². The van der Waals surface area contributed by atoms with E-state index in [0.29, 0.717) is 0 Å². The van der Waals surface area contributed by atoms with Gasteiger partial charge in [-0.15, -0.1) is 11.3 Å². The van der Waals surface area contributed by atoms with Gasteiger partial charge in [-0.2, -0.15) is 0 Å². The van der Waals surface area contributed by atoms with Gasteiger partial charge in [-0.1, -0.05) is 20.8 Å². The average Bonchev–Trinajstić information content (AvgIpc) is 2.60. The van der Waals surface area contributed by atoms with Gasteiger partial charge in [-0.05, 0) is 27.7 Å². The smallest absolute Gasteiger partial charge is 0.0981 e. The van der Waals surface area contributed by atoms with E-state index in [0.717, 1.165) is 11.6 Å². The van der Waals surface area contributed by atoms with E-state index in [4.69, 9.17) is 0 Å². The average molecular weight is 270 g/mol. The normalized spacial score (nSPS) is 14.0. The van der Waals surface area contributed by atoms with Gasteiger partial charge in [0.1, 0.15) is 0 Å². The van der Waals surface area contributed by atoms with Gasteiger partial charge < -0.3 is 10.4 Å². The predicted octanol–water partition coefficient (Wildman–Crippen LogP) is 3.08. The number of aromatic nitrogens is 1. The molecule has 0 atom stereocenters. The largest absolute Gasteiger partial charge is 0.389 e. The fraction of sp³-hybridized carbons (Fsp3) is 0.786. The van der Waals surface area contributed by atoms with Crippen LogP contribution in [0.2, 0.25) is 0 Å². The van der Waals surface area contributed by atoms with Crippen LogP contribution >= 0.6 is 11.3 Å². The monoisotopic (exact) mass is 270 g/mol. The van der Waals surface area contributed by atoms with Gasteiger partial charge in [0.2, 0.25) is 0 Å². The highest BCUT2D eigenvalue weighted by molar-refractivity contribution is 7.11. The van der Waals surface area contributed by atoms with Crippen LogP contribution < -0.4 is 5.32 Å². The lowest BCUT2D eigenvalue weighted by Gasteiger charge is -2.38. The van der Waals surface area contributed by atoms with E-state index in [9.17, 15) is 5.11 Å². The molecule has 0 aliphatic rings. The van der Waals surface area contributed by atoms with Crippen molar-refractivity contribution in [1.29, 1.82) is 0 Å². The van der Waals surface area contributed by atoms with Crippen LogP contribution in [0.3, 0.4) is 0 Å². The molecular formula is C14H26N2OS. The molecule has 1 aromatic rings. The molecule has 0 aliphatic heterocycles. The molecule has 0 saturated heterocycles. The minimum atomic E-state index is -0.759. The number of hydrogen-bond acceptors (Lipinski definition) is 4. The minimum absolute atomic E-state index is 0.106. The van der Waals surface area contributed by atoms with Gasteiger partial charge in [0.15, 0.2) is 0 Å². The topological polar surface area (TPSA) is 45.2 Å². The minimum Gasteiger partial charge on any atom is -0.389 e. The Morgan fingerprint density at radius 3 is 2.11 bits per heavy atom. The first-order valence-corrected chi connectivity index (χ1v) is 7.18. The first-order valence-electron chi connectivity index (χ1n) is 6.36. The summed E-state index contributed by atoms with van der Waals surface area (Å²) in [5, 5.41) is 14.6. The van der Waals surface area contributed by atoms with E-state index in [2.05, 4.69) is 31.1 Å². The van der Waals surface area contributed by atoms with Crippen LogP contribution in [0.25, 0.3) is 0 Å². The van der Waals surface area contributed by atoms with Crippen molar-refractivity contribution in [3.8, 4) is 0 Å². The summed E-state index contributed by atoms with van der Waals surface area (Å²) in [6.07, 6.45) is 1.93. The van der Waals surface area contributed by atoms with Crippen molar-refractivity contribution in [1.82, 2.24) is 10.3 Å². The summed E-state index contributed by atoms with van der Waals surface area (Å²) >= 11 is 1.74. The van der Waals surface area contributed by atoms with Gasteiger partial charge in [0, 0.05) is 28.6 Å². The molecule has 1 rings (SSSR count). The van der Waals surface area contributed by atoms with Crippen LogP contribution in [0, 0.1) is 0 Å². The summed E-state index contributed by atoms with van der Waals surface area (Å²) in [4.78, 5) is 5.67. The Labute approximate surface area is 115 Å².